The van der Waals surface area contributed by atoms with Crippen LogP contribution < -0.4 is 33.6 Å². The molecule has 4 fully saturated rings. The number of nitrogens with two attached hydrogens (primary N) is 4. The number of hydrogen-bond acceptors (Lipinski definition) is 16. The lowest BCUT2D eigenvalue weighted by atomic mass is 9.77. The molecule has 1 unspecified atom stereocenters. The lowest BCUT2D eigenvalue weighted by Gasteiger charge is -2.49. The molecular weight excluding hydrogens is 544 g/mol. The van der Waals surface area contributed by atoms with Gasteiger partial charge in [0, 0.05) is 38.3 Å². The van der Waals surface area contributed by atoms with Gasteiger partial charge in [-0.1, -0.05) is 0 Å². The Hall–Kier alpha value is -0.640. The number of aliphatic hydroxyl groups is 6. The molecule has 0 amide bonds. The first-order valence-corrected chi connectivity index (χ1v) is 14.6. The molecule has 16 nitrogen and oxygen atoms in total. The summed E-state index contributed by atoms with van der Waals surface area (Å²) in [6.45, 7) is 1.09. The Balaban J connectivity index is 1.53. The second-order valence-electron chi connectivity index (χ2n) is 11.8. The van der Waals surface area contributed by atoms with E-state index in [0.29, 0.717) is 25.7 Å². The van der Waals surface area contributed by atoms with E-state index in [4.69, 9.17) is 41.9 Å². The van der Waals surface area contributed by atoms with E-state index in [1.54, 1.807) is 0 Å². The van der Waals surface area contributed by atoms with Gasteiger partial charge in [0.05, 0.1) is 43.1 Å². The topological polar surface area (TPSA) is 286 Å². The SMILES string of the molecule is NCC(O)CC[C@@H]1C[C@H](N)[C@@H](O[C@H]2O[C@H](CN)[C@@H](O)C[C@H]2NC2CNC2)[C@H](O)[C@H]1O[C@H]1O[C@H](CO)[C@@H](O)[C@H](N)[C@H]1O. The van der Waals surface area contributed by atoms with Crippen LogP contribution in [0.25, 0.3) is 0 Å². The van der Waals surface area contributed by atoms with E-state index < -0.39 is 98.2 Å². The highest BCUT2D eigenvalue weighted by Crippen LogP contribution is 2.36. The molecule has 0 aromatic carbocycles. The van der Waals surface area contributed by atoms with Crippen molar-refractivity contribution in [2.24, 2.45) is 28.9 Å². The van der Waals surface area contributed by atoms with Crippen LogP contribution in [0.1, 0.15) is 25.7 Å². The van der Waals surface area contributed by atoms with E-state index in [2.05, 4.69) is 10.6 Å². The summed E-state index contributed by atoms with van der Waals surface area (Å²) in [6, 6.07) is -2.06. The maximum Gasteiger partial charge on any atom is 0.186 e. The summed E-state index contributed by atoms with van der Waals surface area (Å²) in [7, 11) is 0. The van der Waals surface area contributed by atoms with Gasteiger partial charge < -0.3 is 83.2 Å². The summed E-state index contributed by atoms with van der Waals surface area (Å²) in [5.41, 5.74) is 23.9. The fourth-order valence-corrected chi connectivity index (χ4v) is 6.13. The lowest BCUT2D eigenvalue weighted by molar-refractivity contribution is -0.321. The predicted octanol–water partition coefficient (Wildman–Crippen LogP) is -6.30. The van der Waals surface area contributed by atoms with E-state index in [1.807, 2.05) is 0 Å². The van der Waals surface area contributed by atoms with Crippen LogP contribution in [0.15, 0.2) is 0 Å². The molecule has 3 aliphatic heterocycles. The zero-order valence-corrected chi connectivity index (χ0v) is 23.2. The van der Waals surface area contributed by atoms with Crippen LogP contribution in [-0.2, 0) is 18.9 Å². The third kappa shape index (κ3) is 7.72. The second-order valence-corrected chi connectivity index (χ2v) is 11.8. The molecular formula is C25H50N6O10. The largest absolute Gasteiger partial charge is 0.394 e. The van der Waals surface area contributed by atoms with E-state index in [-0.39, 0.29) is 19.1 Å². The standard InChI is InChI=1S/C25H50N6O10/c26-5-12(33)2-1-10-3-13(28)23(21(37)22(10)40-25-20(36)18(29)19(35)17(9-32)39-25)41-24-14(31-11-7-30-8-11)4-15(34)16(6-27)38-24/h10-25,30-37H,1-9,26-29H2/t10-,12?,13+,14-,15+,16-,17-,18+,19-,20-,21-,22+,23-,24-,25-/m1/s1. The van der Waals surface area contributed by atoms with Crippen LogP contribution in [0.3, 0.4) is 0 Å². The highest BCUT2D eigenvalue weighted by Gasteiger charge is 2.51. The Kier molecular flexibility index (Phi) is 12.1. The Bertz CT molecular complexity index is 802. The van der Waals surface area contributed by atoms with Crippen LogP contribution in [-0.4, -0.2) is 155 Å². The molecule has 4 rings (SSSR count). The average molecular weight is 595 g/mol. The van der Waals surface area contributed by atoms with Gasteiger partial charge in [-0.25, -0.2) is 0 Å². The van der Waals surface area contributed by atoms with Gasteiger partial charge in [0.2, 0.25) is 0 Å². The first-order valence-electron chi connectivity index (χ1n) is 14.6. The minimum atomic E-state index is -1.46. The molecule has 16 heteroatoms. The summed E-state index contributed by atoms with van der Waals surface area (Å²) in [5, 5.41) is 69.5. The highest BCUT2D eigenvalue weighted by molar-refractivity contribution is 5.00. The third-order valence-electron chi connectivity index (χ3n) is 8.82. The Morgan fingerprint density at radius 2 is 1.59 bits per heavy atom. The van der Waals surface area contributed by atoms with Crippen LogP contribution in [0.4, 0.5) is 0 Å². The van der Waals surface area contributed by atoms with Crippen molar-refractivity contribution >= 4 is 0 Å². The summed E-state index contributed by atoms with van der Waals surface area (Å²) in [4.78, 5) is 0. The highest BCUT2D eigenvalue weighted by atomic mass is 16.7. The number of ether oxygens (including phenoxy) is 4. The van der Waals surface area contributed by atoms with Gasteiger partial charge in [0.1, 0.15) is 30.5 Å². The molecule has 3 heterocycles. The molecule has 41 heavy (non-hydrogen) atoms. The first kappa shape index (κ1) is 33.3. The van der Waals surface area contributed by atoms with E-state index in [9.17, 15) is 30.6 Å². The predicted molar refractivity (Wildman–Crippen MR) is 144 cm³/mol. The molecule has 4 aliphatic rings. The van der Waals surface area contributed by atoms with Crippen molar-refractivity contribution in [3.05, 3.63) is 0 Å². The van der Waals surface area contributed by atoms with E-state index in [0.717, 1.165) is 13.1 Å². The fourth-order valence-electron chi connectivity index (χ4n) is 6.13. The minimum absolute atomic E-state index is 0.0615. The lowest BCUT2D eigenvalue weighted by Crippen LogP contribution is -2.67. The zero-order valence-electron chi connectivity index (χ0n) is 23.2. The number of hydrogen-bond donors (Lipinski definition) is 12. The summed E-state index contributed by atoms with van der Waals surface area (Å²) >= 11 is 0. The van der Waals surface area contributed by atoms with Crippen molar-refractivity contribution in [3.63, 3.8) is 0 Å². The Morgan fingerprint density at radius 1 is 0.902 bits per heavy atom. The molecule has 0 bridgehead atoms. The third-order valence-corrected chi connectivity index (χ3v) is 8.82. The Labute approximate surface area is 239 Å². The van der Waals surface area contributed by atoms with Crippen molar-refractivity contribution < 1.29 is 49.6 Å². The summed E-state index contributed by atoms with van der Waals surface area (Å²) in [6.07, 6.45) is -10.3. The van der Waals surface area contributed by atoms with E-state index >= 15 is 0 Å². The van der Waals surface area contributed by atoms with Gasteiger partial charge in [0.25, 0.3) is 0 Å². The summed E-state index contributed by atoms with van der Waals surface area (Å²) < 4.78 is 24.1. The minimum Gasteiger partial charge on any atom is -0.394 e. The van der Waals surface area contributed by atoms with Crippen LogP contribution in [0, 0.1) is 5.92 Å². The van der Waals surface area contributed by atoms with Crippen molar-refractivity contribution in [1.82, 2.24) is 10.6 Å². The maximum atomic E-state index is 11.6. The van der Waals surface area contributed by atoms with Crippen molar-refractivity contribution in [1.29, 1.82) is 0 Å². The molecule has 1 aliphatic carbocycles. The molecule has 0 aromatic heterocycles. The van der Waals surface area contributed by atoms with Crippen LogP contribution in [0.5, 0.6) is 0 Å². The molecule has 0 spiro atoms. The van der Waals surface area contributed by atoms with Gasteiger partial charge in [-0.15, -0.1) is 0 Å². The van der Waals surface area contributed by atoms with Gasteiger partial charge >= 0.3 is 0 Å². The maximum absolute atomic E-state index is 11.6. The molecule has 0 aromatic rings. The average Bonchev–Trinajstić information content (AvgIpc) is 2.93. The van der Waals surface area contributed by atoms with Crippen molar-refractivity contribution in [2.45, 2.75) is 117 Å². The Morgan fingerprint density at radius 3 is 2.20 bits per heavy atom. The van der Waals surface area contributed by atoms with Gasteiger partial charge in [0.15, 0.2) is 12.6 Å². The zero-order chi connectivity index (χ0) is 29.8. The second kappa shape index (κ2) is 14.9. The van der Waals surface area contributed by atoms with Crippen LogP contribution >= 0.6 is 0 Å². The number of rotatable bonds is 12. The quantitative estimate of drug-likeness (QED) is 0.1000. The molecule has 3 saturated heterocycles. The van der Waals surface area contributed by atoms with E-state index in [1.165, 1.54) is 0 Å². The van der Waals surface area contributed by atoms with Gasteiger partial charge in [-0.3, -0.25) is 0 Å². The fraction of sp³-hybridized carbons (Fsp3) is 1.00. The number of aliphatic hydroxyl groups excluding tert-OH is 6. The van der Waals surface area contributed by atoms with Gasteiger partial charge in [-0.05, 0) is 31.6 Å². The molecule has 1 saturated carbocycles. The smallest absolute Gasteiger partial charge is 0.186 e. The first-order chi connectivity index (χ1) is 19.6. The number of nitrogens with one attached hydrogen (secondary N) is 2. The van der Waals surface area contributed by atoms with Gasteiger partial charge in [-0.2, -0.15) is 0 Å². The molecule has 0 radical (unpaired) electrons. The molecule has 15 atom stereocenters. The normalized spacial score (nSPS) is 46.7. The monoisotopic (exact) mass is 594 g/mol. The van der Waals surface area contributed by atoms with Crippen LogP contribution in [0.2, 0.25) is 0 Å². The molecule has 240 valence electrons. The summed E-state index contributed by atoms with van der Waals surface area (Å²) in [5.74, 6) is -0.395. The van der Waals surface area contributed by atoms with Crippen molar-refractivity contribution in [3.8, 4) is 0 Å². The molecule has 16 N–H and O–H groups in total. The van der Waals surface area contributed by atoms with Crippen molar-refractivity contribution in [2.75, 3.05) is 32.8 Å².